The van der Waals surface area contributed by atoms with Crippen molar-refractivity contribution in [3.05, 3.63) is 6.20 Å². The van der Waals surface area contributed by atoms with Gasteiger partial charge in [0.2, 0.25) is 5.95 Å². The minimum atomic E-state index is 0.352. The Hall–Kier alpha value is -1.19. The Morgan fingerprint density at radius 1 is 1.50 bits per heavy atom. The lowest BCUT2D eigenvalue weighted by Crippen LogP contribution is -2.17. The number of rotatable bonds is 2. The molecule has 1 aromatic rings. The fourth-order valence-corrected chi connectivity index (χ4v) is 1.22. The van der Waals surface area contributed by atoms with Crippen LogP contribution in [0.25, 0.3) is 0 Å². The molecule has 1 aromatic heterocycles. The molecule has 1 heterocycles. The summed E-state index contributed by atoms with van der Waals surface area (Å²) in [6.07, 6.45) is 1.69. The Labute approximate surface area is 73.0 Å². The highest BCUT2D eigenvalue weighted by molar-refractivity contribution is 5.41. The van der Waals surface area contributed by atoms with E-state index in [0.29, 0.717) is 11.9 Å². The van der Waals surface area contributed by atoms with Crippen LogP contribution in [-0.4, -0.2) is 23.6 Å². The summed E-state index contributed by atoms with van der Waals surface area (Å²) in [5.41, 5.74) is 5.75. The summed E-state index contributed by atoms with van der Waals surface area (Å²) in [7, 11) is 3.92. The topological polar surface area (TPSA) is 47.1 Å². The molecule has 0 aliphatic heterocycles. The van der Waals surface area contributed by atoms with Crippen molar-refractivity contribution in [3.8, 4) is 0 Å². The third-order valence-corrected chi connectivity index (χ3v) is 1.72. The monoisotopic (exact) mass is 168 g/mol. The van der Waals surface area contributed by atoms with Crippen molar-refractivity contribution in [3.63, 3.8) is 0 Å². The van der Waals surface area contributed by atoms with Gasteiger partial charge in [-0.15, -0.1) is 0 Å². The second-order valence-corrected chi connectivity index (χ2v) is 3.34. The van der Waals surface area contributed by atoms with Crippen molar-refractivity contribution in [2.75, 3.05) is 24.7 Å². The molecule has 0 amide bonds. The summed E-state index contributed by atoms with van der Waals surface area (Å²) >= 11 is 0. The van der Waals surface area contributed by atoms with Crippen LogP contribution in [-0.2, 0) is 0 Å². The molecule has 4 heteroatoms. The van der Waals surface area contributed by atoms with Gasteiger partial charge in [-0.1, -0.05) is 0 Å². The van der Waals surface area contributed by atoms with Crippen LogP contribution in [0.5, 0.6) is 0 Å². The molecule has 0 bridgehead atoms. The van der Waals surface area contributed by atoms with Gasteiger partial charge < -0.3 is 10.6 Å². The lowest BCUT2D eigenvalue weighted by atomic mass is 10.4. The Morgan fingerprint density at radius 3 is 2.42 bits per heavy atom. The van der Waals surface area contributed by atoms with E-state index in [2.05, 4.69) is 18.8 Å². The molecule has 0 unspecified atom stereocenters. The highest BCUT2D eigenvalue weighted by Gasteiger charge is 2.11. The predicted molar refractivity (Wildman–Crippen MR) is 51.4 cm³/mol. The molecular weight excluding hydrogens is 152 g/mol. The molecular formula is C8H16N4. The first-order valence-electron chi connectivity index (χ1n) is 4.04. The van der Waals surface area contributed by atoms with E-state index in [0.717, 1.165) is 5.95 Å². The minimum absolute atomic E-state index is 0.352. The van der Waals surface area contributed by atoms with Crippen molar-refractivity contribution < 1.29 is 0 Å². The van der Waals surface area contributed by atoms with Gasteiger partial charge >= 0.3 is 0 Å². The number of nitrogen functional groups attached to an aromatic ring is 1. The van der Waals surface area contributed by atoms with E-state index in [1.807, 2.05) is 23.6 Å². The van der Waals surface area contributed by atoms with Gasteiger partial charge in [-0.05, 0) is 13.8 Å². The van der Waals surface area contributed by atoms with Crippen LogP contribution in [0.3, 0.4) is 0 Å². The summed E-state index contributed by atoms with van der Waals surface area (Å²) < 4.78 is 2.00. The normalized spacial score (nSPS) is 10.8. The third kappa shape index (κ3) is 1.37. The second-order valence-electron chi connectivity index (χ2n) is 3.34. The molecule has 0 spiro atoms. The zero-order valence-corrected chi connectivity index (χ0v) is 8.07. The summed E-state index contributed by atoms with van der Waals surface area (Å²) in [6.45, 7) is 4.18. The summed E-state index contributed by atoms with van der Waals surface area (Å²) in [6, 6.07) is 0.352. The SMILES string of the molecule is CC(C)n1c(N)cnc1N(C)C. The molecule has 4 nitrogen and oxygen atoms in total. The zero-order chi connectivity index (χ0) is 9.30. The summed E-state index contributed by atoms with van der Waals surface area (Å²) in [5.74, 6) is 1.62. The number of nitrogens with zero attached hydrogens (tertiary/aromatic N) is 3. The van der Waals surface area contributed by atoms with Crippen molar-refractivity contribution in [1.82, 2.24) is 9.55 Å². The Morgan fingerprint density at radius 2 is 2.08 bits per heavy atom. The van der Waals surface area contributed by atoms with Crippen LogP contribution in [0.2, 0.25) is 0 Å². The maximum absolute atomic E-state index is 5.75. The average Bonchev–Trinajstić information content (AvgIpc) is 2.30. The first-order valence-corrected chi connectivity index (χ1v) is 4.04. The Bertz CT molecular complexity index is 262. The fourth-order valence-electron chi connectivity index (χ4n) is 1.22. The molecule has 12 heavy (non-hydrogen) atoms. The van der Waals surface area contributed by atoms with Gasteiger partial charge in [0.15, 0.2) is 0 Å². The molecule has 1 rings (SSSR count). The number of anilines is 2. The van der Waals surface area contributed by atoms with Gasteiger partial charge in [-0.2, -0.15) is 0 Å². The van der Waals surface area contributed by atoms with Crippen LogP contribution in [0.15, 0.2) is 6.20 Å². The van der Waals surface area contributed by atoms with Crippen LogP contribution in [0.4, 0.5) is 11.8 Å². The van der Waals surface area contributed by atoms with Gasteiger partial charge in [-0.25, -0.2) is 4.98 Å². The lowest BCUT2D eigenvalue weighted by molar-refractivity contribution is 0.605. The molecule has 0 atom stereocenters. The maximum atomic E-state index is 5.75. The minimum Gasteiger partial charge on any atom is -0.384 e. The molecule has 0 fully saturated rings. The van der Waals surface area contributed by atoms with E-state index in [4.69, 9.17) is 5.73 Å². The number of aromatic nitrogens is 2. The van der Waals surface area contributed by atoms with Gasteiger partial charge in [0.1, 0.15) is 5.82 Å². The number of nitrogens with two attached hydrogens (primary N) is 1. The molecule has 0 aliphatic rings. The van der Waals surface area contributed by atoms with Gasteiger partial charge in [0.05, 0.1) is 6.20 Å². The highest BCUT2D eigenvalue weighted by atomic mass is 15.3. The number of hydrogen-bond acceptors (Lipinski definition) is 3. The van der Waals surface area contributed by atoms with Gasteiger partial charge in [-0.3, -0.25) is 4.57 Å². The van der Waals surface area contributed by atoms with Crippen LogP contribution in [0.1, 0.15) is 19.9 Å². The van der Waals surface area contributed by atoms with Crippen molar-refractivity contribution in [2.24, 2.45) is 0 Å². The lowest BCUT2D eigenvalue weighted by Gasteiger charge is -2.17. The second kappa shape index (κ2) is 3.05. The van der Waals surface area contributed by atoms with Gasteiger partial charge in [0.25, 0.3) is 0 Å². The van der Waals surface area contributed by atoms with E-state index in [-0.39, 0.29) is 0 Å². The number of imidazole rings is 1. The van der Waals surface area contributed by atoms with E-state index in [1.165, 1.54) is 0 Å². The summed E-state index contributed by atoms with van der Waals surface area (Å²) in [4.78, 5) is 6.16. The van der Waals surface area contributed by atoms with E-state index in [9.17, 15) is 0 Å². The van der Waals surface area contributed by atoms with Crippen LogP contribution < -0.4 is 10.6 Å². The molecule has 0 aliphatic carbocycles. The summed E-state index contributed by atoms with van der Waals surface area (Å²) in [5, 5.41) is 0. The van der Waals surface area contributed by atoms with Crippen molar-refractivity contribution >= 4 is 11.8 Å². The number of hydrogen-bond donors (Lipinski definition) is 1. The van der Waals surface area contributed by atoms with Crippen LogP contribution >= 0.6 is 0 Å². The van der Waals surface area contributed by atoms with Crippen molar-refractivity contribution in [1.29, 1.82) is 0 Å². The zero-order valence-electron chi connectivity index (χ0n) is 8.07. The van der Waals surface area contributed by atoms with E-state index in [1.54, 1.807) is 6.20 Å². The Balaban J connectivity index is 3.12. The first kappa shape index (κ1) is 8.90. The third-order valence-electron chi connectivity index (χ3n) is 1.72. The standard InChI is InChI=1S/C8H16N4/c1-6(2)12-7(9)5-10-8(12)11(3)4/h5-6H,9H2,1-4H3. The molecule has 2 N–H and O–H groups in total. The fraction of sp³-hybridized carbons (Fsp3) is 0.625. The van der Waals surface area contributed by atoms with E-state index < -0.39 is 0 Å². The smallest absolute Gasteiger partial charge is 0.206 e. The largest absolute Gasteiger partial charge is 0.384 e. The van der Waals surface area contributed by atoms with Gasteiger partial charge in [0, 0.05) is 20.1 Å². The quantitative estimate of drug-likeness (QED) is 0.719. The van der Waals surface area contributed by atoms with Crippen LogP contribution in [0, 0.1) is 0 Å². The molecule has 0 aromatic carbocycles. The van der Waals surface area contributed by atoms with E-state index >= 15 is 0 Å². The maximum Gasteiger partial charge on any atom is 0.206 e. The highest BCUT2D eigenvalue weighted by Crippen LogP contribution is 2.20. The molecule has 0 saturated heterocycles. The van der Waals surface area contributed by atoms with Crippen molar-refractivity contribution in [2.45, 2.75) is 19.9 Å². The molecule has 0 radical (unpaired) electrons. The first-order chi connectivity index (χ1) is 5.54. The molecule has 68 valence electrons. The molecule has 0 saturated carbocycles. The average molecular weight is 168 g/mol. The Kier molecular flexibility index (Phi) is 2.26. The predicted octanol–water partition coefficient (Wildman–Crippen LogP) is 1.11.